The highest BCUT2D eigenvalue weighted by Gasteiger charge is 2.29. The number of benzene rings is 2. The monoisotopic (exact) mass is 387 g/mol. The number of non-ortho nitro benzene ring substituents is 1. The van der Waals surface area contributed by atoms with Gasteiger partial charge in [0.2, 0.25) is 5.91 Å². The number of hydrogen-bond acceptors (Lipinski definition) is 4. The van der Waals surface area contributed by atoms with Crippen molar-refractivity contribution in [1.82, 2.24) is 4.90 Å². The Labute approximate surface area is 161 Å². The van der Waals surface area contributed by atoms with Crippen LogP contribution < -0.4 is 5.32 Å². The summed E-state index contributed by atoms with van der Waals surface area (Å²) < 4.78 is 0. The molecule has 1 fully saturated rings. The van der Waals surface area contributed by atoms with Crippen LogP contribution in [-0.4, -0.2) is 34.7 Å². The summed E-state index contributed by atoms with van der Waals surface area (Å²) in [5.41, 5.74) is 0.820. The van der Waals surface area contributed by atoms with Gasteiger partial charge < -0.3 is 10.2 Å². The van der Waals surface area contributed by atoms with Crippen molar-refractivity contribution in [3.63, 3.8) is 0 Å². The Balaban J connectivity index is 1.59. The molecule has 8 heteroatoms. The van der Waals surface area contributed by atoms with Crippen molar-refractivity contribution in [3.8, 4) is 0 Å². The lowest BCUT2D eigenvalue weighted by atomic mass is 9.95. The normalized spacial score (nSPS) is 14.6. The third-order valence-electron chi connectivity index (χ3n) is 4.59. The molecule has 1 saturated heterocycles. The number of carbonyl (C=O) groups excluding carboxylic acids is 2. The van der Waals surface area contributed by atoms with Crippen LogP contribution in [0.1, 0.15) is 23.2 Å². The van der Waals surface area contributed by atoms with Gasteiger partial charge in [-0.2, -0.15) is 0 Å². The highest BCUT2D eigenvalue weighted by Crippen LogP contribution is 2.26. The molecule has 2 amide bonds. The van der Waals surface area contributed by atoms with Crippen molar-refractivity contribution in [2.75, 3.05) is 18.4 Å². The van der Waals surface area contributed by atoms with Crippen LogP contribution in [0, 0.1) is 16.0 Å². The van der Waals surface area contributed by atoms with Crippen molar-refractivity contribution in [2.45, 2.75) is 12.8 Å². The smallest absolute Gasteiger partial charge is 0.270 e. The van der Waals surface area contributed by atoms with Crippen molar-refractivity contribution in [3.05, 3.63) is 69.2 Å². The van der Waals surface area contributed by atoms with Crippen LogP contribution in [0.15, 0.2) is 48.5 Å². The predicted octanol–water partition coefficient (Wildman–Crippen LogP) is 3.74. The molecule has 1 aliphatic heterocycles. The van der Waals surface area contributed by atoms with Crippen LogP contribution in [0.25, 0.3) is 0 Å². The molecule has 140 valence electrons. The molecule has 0 saturated carbocycles. The zero-order chi connectivity index (χ0) is 19.4. The van der Waals surface area contributed by atoms with E-state index < -0.39 is 4.92 Å². The zero-order valence-electron chi connectivity index (χ0n) is 14.4. The van der Waals surface area contributed by atoms with E-state index in [0.717, 1.165) is 5.69 Å². The maximum atomic E-state index is 12.6. The van der Waals surface area contributed by atoms with Crippen molar-refractivity contribution < 1.29 is 14.5 Å². The number of rotatable bonds is 4. The Kier molecular flexibility index (Phi) is 5.71. The summed E-state index contributed by atoms with van der Waals surface area (Å²) in [4.78, 5) is 36.9. The molecule has 2 aromatic carbocycles. The van der Waals surface area contributed by atoms with Crippen LogP contribution in [0.4, 0.5) is 11.4 Å². The molecule has 1 aliphatic rings. The Bertz CT molecular complexity index is 865. The van der Waals surface area contributed by atoms with Gasteiger partial charge in [0.15, 0.2) is 0 Å². The summed E-state index contributed by atoms with van der Waals surface area (Å²) in [5.74, 6) is -0.500. The van der Waals surface area contributed by atoms with Gasteiger partial charge in [-0.25, -0.2) is 0 Å². The van der Waals surface area contributed by atoms with E-state index in [1.807, 2.05) is 30.3 Å². The average Bonchev–Trinajstić information content (AvgIpc) is 2.68. The number of nitrogens with zero attached hydrogens (tertiary/aromatic N) is 2. The lowest BCUT2D eigenvalue weighted by Gasteiger charge is -2.31. The first-order chi connectivity index (χ1) is 13.0. The van der Waals surface area contributed by atoms with Gasteiger partial charge in [-0.3, -0.25) is 19.7 Å². The quantitative estimate of drug-likeness (QED) is 0.638. The lowest BCUT2D eigenvalue weighted by Crippen LogP contribution is -2.41. The minimum Gasteiger partial charge on any atom is -0.339 e. The molecule has 27 heavy (non-hydrogen) atoms. The molecule has 0 bridgehead atoms. The molecule has 1 N–H and O–H groups in total. The summed E-state index contributed by atoms with van der Waals surface area (Å²) in [7, 11) is 0. The van der Waals surface area contributed by atoms with Gasteiger partial charge in [0.05, 0.1) is 15.5 Å². The molecule has 0 radical (unpaired) electrons. The van der Waals surface area contributed by atoms with Crippen LogP contribution in [-0.2, 0) is 4.79 Å². The van der Waals surface area contributed by atoms with Gasteiger partial charge in [0.25, 0.3) is 11.6 Å². The highest BCUT2D eigenvalue weighted by molar-refractivity contribution is 6.34. The largest absolute Gasteiger partial charge is 0.339 e. The van der Waals surface area contributed by atoms with Crippen molar-refractivity contribution in [1.29, 1.82) is 0 Å². The summed E-state index contributed by atoms with van der Waals surface area (Å²) in [6.07, 6.45) is 1.10. The van der Waals surface area contributed by atoms with E-state index in [-0.39, 0.29) is 34.0 Å². The zero-order valence-corrected chi connectivity index (χ0v) is 15.2. The number of nitro benzene ring substituents is 1. The fraction of sp³-hybridized carbons (Fsp3) is 0.263. The Morgan fingerprint density at radius 3 is 2.37 bits per heavy atom. The van der Waals surface area contributed by atoms with Gasteiger partial charge in [0, 0.05) is 36.8 Å². The Morgan fingerprint density at radius 1 is 1.11 bits per heavy atom. The number of nitro groups is 1. The Morgan fingerprint density at radius 2 is 1.78 bits per heavy atom. The number of likely N-dealkylation sites (tertiary alicyclic amines) is 1. The number of carbonyl (C=O) groups is 2. The molecule has 2 aromatic rings. The first-order valence-corrected chi connectivity index (χ1v) is 8.92. The molecule has 3 rings (SSSR count). The van der Waals surface area contributed by atoms with Crippen LogP contribution >= 0.6 is 11.6 Å². The lowest BCUT2D eigenvalue weighted by molar-refractivity contribution is -0.384. The fourth-order valence-electron chi connectivity index (χ4n) is 3.07. The van der Waals surface area contributed by atoms with Gasteiger partial charge in [-0.1, -0.05) is 29.8 Å². The molecule has 7 nitrogen and oxygen atoms in total. The topological polar surface area (TPSA) is 92.6 Å². The maximum Gasteiger partial charge on any atom is 0.270 e. The fourth-order valence-corrected chi connectivity index (χ4v) is 3.33. The number of piperidine rings is 1. The molecule has 0 unspecified atom stereocenters. The number of hydrogen-bond donors (Lipinski definition) is 1. The molecular weight excluding hydrogens is 370 g/mol. The molecule has 0 spiro atoms. The number of halogens is 1. The predicted molar refractivity (Wildman–Crippen MR) is 102 cm³/mol. The van der Waals surface area contributed by atoms with Crippen LogP contribution in [0.5, 0.6) is 0 Å². The molecular formula is C19H18ClN3O4. The standard InChI is InChI=1S/C19H18ClN3O4/c20-17-12-15(23(26)27)6-7-16(17)19(25)22-10-8-13(9-11-22)18(24)21-14-4-2-1-3-5-14/h1-7,12-13H,8-11H2,(H,21,24). The van der Waals surface area contributed by atoms with Crippen LogP contribution in [0.2, 0.25) is 5.02 Å². The molecule has 0 atom stereocenters. The first-order valence-electron chi connectivity index (χ1n) is 8.55. The second-order valence-electron chi connectivity index (χ2n) is 6.34. The van der Waals surface area contributed by atoms with E-state index in [9.17, 15) is 19.7 Å². The molecule has 0 aliphatic carbocycles. The summed E-state index contributed by atoms with van der Waals surface area (Å²) in [6, 6.07) is 13.0. The third kappa shape index (κ3) is 4.43. The van der Waals surface area contributed by atoms with E-state index in [0.29, 0.717) is 25.9 Å². The number of nitrogens with one attached hydrogen (secondary N) is 1. The molecule has 0 aromatic heterocycles. The van der Waals surface area contributed by atoms with Crippen LogP contribution in [0.3, 0.4) is 0 Å². The third-order valence-corrected chi connectivity index (χ3v) is 4.90. The minimum absolute atomic E-state index is 0.0538. The van der Waals surface area contributed by atoms with Crippen molar-refractivity contribution >= 4 is 34.8 Å². The van der Waals surface area contributed by atoms with Gasteiger partial charge in [-0.05, 0) is 31.0 Å². The van der Waals surface area contributed by atoms with E-state index in [1.54, 1.807) is 4.90 Å². The number of amides is 2. The van der Waals surface area contributed by atoms with E-state index in [2.05, 4.69) is 5.32 Å². The van der Waals surface area contributed by atoms with E-state index in [1.165, 1.54) is 18.2 Å². The first kappa shape index (κ1) is 18.8. The van der Waals surface area contributed by atoms with E-state index >= 15 is 0 Å². The van der Waals surface area contributed by atoms with Gasteiger partial charge in [0.1, 0.15) is 0 Å². The number of anilines is 1. The van der Waals surface area contributed by atoms with Gasteiger partial charge in [-0.15, -0.1) is 0 Å². The minimum atomic E-state index is -0.559. The SMILES string of the molecule is O=C(Nc1ccccc1)C1CCN(C(=O)c2ccc([N+](=O)[O-])cc2Cl)CC1. The summed E-state index contributed by atoms with van der Waals surface area (Å²) in [5, 5.41) is 13.7. The average molecular weight is 388 g/mol. The second kappa shape index (κ2) is 8.18. The highest BCUT2D eigenvalue weighted by atomic mass is 35.5. The maximum absolute atomic E-state index is 12.6. The summed E-state index contributed by atoms with van der Waals surface area (Å²) >= 11 is 6.04. The molecule has 1 heterocycles. The Hall–Kier alpha value is -2.93. The van der Waals surface area contributed by atoms with Gasteiger partial charge >= 0.3 is 0 Å². The summed E-state index contributed by atoms with van der Waals surface area (Å²) in [6.45, 7) is 0.859. The van der Waals surface area contributed by atoms with E-state index in [4.69, 9.17) is 11.6 Å². The second-order valence-corrected chi connectivity index (χ2v) is 6.75. The van der Waals surface area contributed by atoms with Crippen molar-refractivity contribution in [2.24, 2.45) is 5.92 Å². The number of para-hydroxylation sites is 1.